The van der Waals surface area contributed by atoms with Gasteiger partial charge in [0.05, 0.1) is 19.8 Å². The number of nitrogens with zero attached hydrogens (tertiary/aromatic N) is 1. The van der Waals surface area contributed by atoms with Crippen molar-refractivity contribution in [3.63, 3.8) is 0 Å². The van der Waals surface area contributed by atoms with Gasteiger partial charge in [0.2, 0.25) is 0 Å². The van der Waals surface area contributed by atoms with Crippen LogP contribution in [0.3, 0.4) is 0 Å². The molecule has 0 aliphatic rings. The first-order chi connectivity index (χ1) is 11.6. The number of ether oxygens (including phenoxy) is 2. The van der Waals surface area contributed by atoms with Gasteiger partial charge in [0, 0.05) is 26.4 Å². The molecule has 2 aromatic rings. The van der Waals surface area contributed by atoms with Crippen molar-refractivity contribution in [3.05, 3.63) is 65.7 Å². The van der Waals surface area contributed by atoms with Crippen LogP contribution in [0.1, 0.15) is 18.1 Å². The van der Waals surface area contributed by atoms with Gasteiger partial charge in [0.1, 0.15) is 5.60 Å². The highest BCUT2D eigenvalue weighted by Gasteiger charge is 2.31. The molecule has 130 valence electrons. The predicted octanol–water partition coefficient (Wildman–Crippen LogP) is 3.04. The molecule has 0 amide bonds. The number of anilines is 1. The summed E-state index contributed by atoms with van der Waals surface area (Å²) in [6, 6.07) is 17.5. The molecular weight excluding hydrogens is 302 g/mol. The van der Waals surface area contributed by atoms with Crippen LogP contribution in [0.4, 0.5) is 5.69 Å². The molecule has 2 aromatic carbocycles. The van der Waals surface area contributed by atoms with Crippen LogP contribution in [-0.2, 0) is 15.1 Å². The van der Waals surface area contributed by atoms with E-state index in [1.54, 1.807) is 0 Å². The highest BCUT2D eigenvalue weighted by Crippen LogP contribution is 2.31. The summed E-state index contributed by atoms with van der Waals surface area (Å²) in [6.45, 7) is 3.79. The fourth-order valence-corrected chi connectivity index (χ4v) is 2.56. The Morgan fingerprint density at radius 3 is 2.04 bits per heavy atom. The van der Waals surface area contributed by atoms with E-state index in [0.29, 0.717) is 19.8 Å². The highest BCUT2D eigenvalue weighted by atomic mass is 16.5. The first kappa shape index (κ1) is 18.5. The fraction of sp³-hybridized carbons (Fsp3) is 0.400. The Morgan fingerprint density at radius 2 is 1.46 bits per heavy atom. The van der Waals surface area contributed by atoms with E-state index in [4.69, 9.17) is 9.47 Å². The lowest BCUT2D eigenvalue weighted by Crippen LogP contribution is -2.33. The van der Waals surface area contributed by atoms with Crippen LogP contribution in [0, 0.1) is 0 Å². The molecule has 4 nitrogen and oxygen atoms in total. The van der Waals surface area contributed by atoms with Crippen molar-refractivity contribution in [3.8, 4) is 0 Å². The lowest BCUT2D eigenvalue weighted by Gasteiger charge is -2.29. The lowest BCUT2D eigenvalue weighted by molar-refractivity contribution is -0.0376. The Hall–Kier alpha value is -1.88. The molecule has 0 aliphatic heterocycles. The zero-order valence-electron chi connectivity index (χ0n) is 14.7. The van der Waals surface area contributed by atoms with E-state index in [2.05, 4.69) is 0 Å². The maximum atomic E-state index is 11.4. The summed E-state index contributed by atoms with van der Waals surface area (Å²) in [5.41, 5.74) is 1.54. The maximum Gasteiger partial charge on any atom is 0.138 e. The Labute approximate surface area is 144 Å². The molecule has 1 atom stereocenters. The number of rotatable bonds is 9. The predicted molar refractivity (Wildman–Crippen MR) is 97.5 cm³/mol. The van der Waals surface area contributed by atoms with E-state index in [0.717, 1.165) is 16.8 Å². The molecule has 0 bridgehead atoms. The minimum atomic E-state index is -1.18. The summed E-state index contributed by atoms with van der Waals surface area (Å²) in [7, 11) is 3.99. The number of aliphatic hydroxyl groups is 1. The number of hydrogen-bond acceptors (Lipinski definition) is 4. The van der Waals surface area contributed by atoms with Gasteiger partial charge in [-0.3, -0.25) is 0 Å². The molecule has 0 aliphatic carbocycles. The largest absolute Gasteiger partial charge is 0.379 e. The van der Waals surface area contributed by atoms with Gasteiger partial charge in [0.15, 0.2) is 0 Å². The van der Waals surface area contributed by atoms with Crippen molar-refractivity contribution in [1.29, 1.82) is 0 Å². The van der Waals surface area contributed by atoms with Crippen LogP contribution >= 0.6 is 0 Å². The SMILES string of the molecule is CCOCCOCC(O)(c1ccccc1)c1ccc(N(C)C)cc1. The van der Waals surface area contributed by atoms with Crippen LogP contribution < -0.4 is 4.90 Å². The zero-order valence-corrected chi connectivity index (χ0v) is 14.7. The third-order valence-corrected chi connectivity index (χ3v) is 4.00. The van der Waals surface area contributed by atoms with E-state index in [9.17, 15) is 5.11 Å². The molecule has 0 aromatic heterocycles. The van der Waals surface area contributed by atoms with Crippen LogP contribution in [0.25, 0.3) is 0 Å². The van der Waals surface area contributed by atoms with E-state index in [-0.39, 0.29) is 6.61 Å². The molecule has 1 N–H and O–H groups in total. The molecular formula is C20H27NO3. The Morgan fingerprint density at radius 1 is 0.875 bits per heavy atom. The van der Waals surface area contributed by atoms with Crippen molar-refractivity contribution in [2.45, 2.75) is 12.5 Å². The third kappa shape index (κ3) is 4.57. The molecule has 0 saturated heterocycles. The minimum absolute atomic E-state index is 0.186. The van der Waals surface area contributed by atoms with Crippen LogP contribution in [0.15, 0.2) is 54.6 Å². The maximum absolute atomic E-state index is 11.4. The average molecular weight is 329 g/mol. The first-order valence-corrected chi connectivity index (χ1v) is 8.29. The number of benzene rings is 2. The molecule has 0 radical (unpaired) electrons. The summed E-state index contributed by atoms with van der Waals surface area (Å²) >= 11 is 0. The van der Waals surface area contributed by atoms with Crippen LogP contribution in [0.2, 0.25) is 0 Å². The molecule has 0 saturated carbocycles. The van der Waals surface area contributed by atoms with Crippen molar-refractivity contribution < 1.29 is 14.6 Å². The first-order valence-electron chi connectivity index (χ1n) is 8.29. The third-order valence-electron chi connectivity index (χ3n) is 4.00. The smallest absolute Gasteiger partial charge is 0.138 e. The minimum Gasteiger partial charge on any atom is -0.379 e. The van der Waals surface area contributed by atoms with E-state index in [1.165, 1.54) is 0 Å². The fourth-order valence-electron chi connectivity index (χ4n) is 2.56. The average Bonchev–Trinajstić information content (AvgIpc) is 2.62. The van der Waals surface area contributed by atoms with Gasteiger partial charge in [0.25, 0.3) is 0 Å². The van der Waals surface area contributed by atoms with Crippen LogP contribution in [0.5, 0.6) is 0 Å². The van der Waals surface area contributed by atoms with E-state index >= 15 is 0 Å². The van der Waals surface area contributed by atoms with Gasteiger partial charge in [-0.2, -0.15) is 0 Å². The molecule has 1 unspecified atom stereocenters. The Bertz CT molecular complexity index is 598. The van der Waals surface area contributed by atoms with Crippen molar-refractivity contribution in [2.24, 2.45) is 0 Å². The monoisotopic (exact) mass is 329 g/mol. The summed E-state index contributed by atoms with van der Waals surface area (Å²) in [6.07, 6.45) is 0. The summed E-state index contributed by atoms with van der Waals surface area (Å²) in [4.78, 5) is 2.03. The standard InChI is InChI=1S/C20H27NO3/c1-4-23-14-15-24-16-20(22,17-8-6-5-7-9-17)18-10-12-19(13-11-18)21(2)3/h5-13,22H,4,14-16H2,1-3H3. The number of hydrogen-bond donors (Lipinski definition) is 1. The second-order valence-electron chi connectivity index (χ2n) is 5.92. The van der Waals surface area contributed by atoms with Crippen molar-refractivity contribution in [1.82, 2.24) is 0 Å². The normalized spacial score (nSPS) is 13.5. The van der Waals surface area contributed by atoms with Gasteiger partial charge < -0.3 is 19.5 Å². The van der Waals surface area contributed by atoms with Gasteiger partial charge >= 0.3 is 0 Å². The van der Waals surface area contributed by atoms with E-state index < -0.39 is 5.60 Å². The summed E-state index contributed by atoms with van der Waals surface area (Å²) in [5, 5.41) is 11.4. The molecule has 0 heterocycles. The lowest BCUT2D eigenvalue weighted by atomic mass is 9.87. The molecule has 2 rings (SSSR count). The van der Waals surface area contributed by atoms with Gasteiger partial charge in [-0.05, 0) is 30.2 Å². The van der Waals surface area contributed by atoms with E-state index in [1.807, 2.05) is 80.5 Å². The second-order valence-corrected chi connectivity index (χ2v) is 5.92. The molecule has 24 heavy (non-hydrogen) atoms. The molecule has 4 heteroatoms. The van der Waals surface area contributed by atoms with Gasteiger partial charge in [-0.25, -0.2) is 0 Å². The van der Waals surface area contributed by atoms with Gasteiger partial charge in [-0.15, -0.1) is 0 Å². The Balaban J connectivity index is 2.22. The summed E-state index contributed by atoms with van der Waals surface area (Å²) < 4.78 is 11.0. The topological polar surface area (TPSA) is 41.9 Å². The highest BCUT2D eigenvalue weighted by molar-refractivity contribution is 5.48. The van der Waals surface area contributed by atoms with Crippen LogP contribution in [-0.4, -0.2) is 45.6 Å². The second kappa shape index (κ2) is 8.83. The zero-order chi connectivity index (χ0) is 17.4. The molecule has 0 spiro atoms. The molecule has 0 fully saturated rings. The Kier molecular flexibility index (Phi) is 6.79. The summed E-state index contributed by atoms with van der Waals surface area (Å²) in [5.74, 6) is 0. The quantitative estimate of drug-likeness (QED) is 0.718. The van der Waals surface area contributed by atoms with Crippen molar-refractivity contribution in [2.75, 3.05) is 45.4 Å². The van der Waals surface area contributed by atoms with Crippen molar-refractivity contribution >= 4 is 5.69 Å². The van der Waals surface area contributed by atoms with Gasteiger partial charge in [-0.1, -0.05) is 42.5 Å².